The van der Waals surface area contributed by atoms with Gasteiger partial charge in [0.25, 0.3) is 0 Å². The van der Waals surface area contributed by atoms with Gasteiger partial charge in [-0.25, -0.2) is 9.97 Å². The van der Waals surface area contributed by atoms with E-state index in [1.807, 2.05) is 6.92 Å². The topological polar surface area (TPSA) is 38.2 Å². The molecule has 0 aliphatic carbocycles. The summed E-state index contributed by atoms with van der Waals surface area (Å²) < 4.78 is 5.42. The molecule has 1 aliphatic heterocycles. The summed E-state index contributed by atoms with van der Waals surface area (Å²) >= 11 is 6.24. The maximum Gasteiger partial charge on any atom is 0.137 e. The van der Waals surface area contributed by atoms with Crippen LogP contribution in [0.15, 0.2) is 0 Å². The Kier molecular flexibility index (Phi) is 5.61. The van der Waals surface area contributed by atoms with Gasteiger partial charge in [0.2, 0.25) is 0 Å². The van der Waals surface area contributed by atoms with Crippen molar-refractivity contribution >= 4 is 17.4 Å². The van der Waals surface area contributed by atoms with Crippen molar-refractivity contribution in [2.24, 2.45) is 5.92 Å². The highest BCUT2D eigenvalue weighted by Gasteiger charge is 2.19. The van der Waals surface area contributed by atoms with Crippen molar-refractivity contribution in [1.82, 2.24) is 9.97 Å². The van der Waals surface area contributed by atoms with Gasteiger partial charge >= 0.3 is 0 Å². The number of hydrogen-bond acceptors (Lipinski definition) is 4. The van der Waals surface area contributed by atoms with Crippen molar-refractivity contribution in [3.8, 4) is 0 Å². The Bertz CT molecular complexity index is 447. The first kappa shape index (κ1) is 15.5. The van der Waals surface area contributed by atoms with E-state index < -0.39 is 0 Å². The van der Waals surface area contributed by atoms with Gasteiger partial charge in [-0.05, 0) is 32.1 Å². The van der Waals surface area contributed by atoms with Crippen molar-refractivity contribution in [2.45, 2.75) is 39.5 Å². The molecule has 1 aromatic rings. The lowest BCUT2D eigenvalue weighted by Crippen LogP contribution is -2.30. The molecule has 0 N–H and O–H groups in total. The lowest BCUT2D eigenvalue weighted by atomic mass is 10.00. The second kappa shape index (κ2) is 7.23. The molecule has 4 nitrogen and oxygen atoms in total. The van der Waals surface area contributed by atoms with Crippen LogP contribution in [0.2, 0.25) is 5.15 Å². The van der Waals surface area contributed by atoms with E-state index in [0.29, 0.717) is 11.1 Å². The van der Waals surface area contributed by atoms with E-state index in [1.54, 1.807) is 0 Å². The zero-order chi connectivity index (χ0) is 14.5. The summed E-state index contributed by atoms with van der Waals surface area (Å²) in [7, 11) is 2.09. The second-order valence-corrected chi connectivity index (χ2v) is 5.92. The number of ether oxygens (including phenoxy) is 1. The zero-order valence-corrected chi connectivity index (χ0v) is 13.4. The average Bonchev–Trinajstić information content (AvgIpc) is 2.44. The average molecular weight is 298 g/mol. The van der Waals surface area contributed by atoms with Crippen molar-refractivity contribution in [2.75, 3.05) is 31.7 Å². The molecule has 1 saturated heterocycles. The normalized spacial score (nSPS) is 16.4. The standard InChI is InChI=1S/C15H24ClN3O/c1-4-5-13-17-14(16)11(2)15(18-13)19(3)10-12-6-8-20-9-7-12/h12H,4-10H2,1-3H3. The quantitative estimate of drug-likeness (QED) is 0.782. The van der Waals surface area contributed by atoms with Gasteiger partial charge in [-0.3, -0.25) is 0 Å². The fourth-order valence-corrected chi connectivity index (χ4v) is 2.81. The molecule has 0 amide bonds. The van der Waals surface area contributed by atoms with Gasteiger partial charge in [-0.1, -0.05) is 18.5 Å². The van der Waals surface area contributed by atoms with E-state index in [-0.39, 0.29) is 0 Å². The van der Waals surface area contributed by atoms with Crippen LogP contribution in [0.4, 0.5) is 5.82 Å². The summed E-state index contributed by atoms with van der Waals surface area (Å²) in [5.74, 6) is 2.49. The van der Waals surface area contributed by atoms with E-state index in [4.69, 9.17) is 16.3 Å². The predicted molar refractivity (Wildman–Crippen MR) is 82.6 cm³/mol. The number of rotatable bonds is 5. The monoisotopic (exact) mass is 297 g/mol. The predicted octanol–water partition coefficient (Wildman–Crippen LogP) is 3.25. The minimum atomic E-state index is 0.581. The highest BCUT2D eigenvalue weighted by atomic mass is 35.5. The molecular formula is C15H24ClN3O. The third-order valence-corrected chi connectivity index (χ3v) is 4.18. The summed E-state index contributed by atoms with van der Waals surface area (Å²) in [5, 5.41) is 0.581. The Morgan fingerprint density at radius 3 is 2.65 bits per heavy atom. The summed E-state index contributed by atoms with van der Waals surface area (Å²) in [6.45, 7) is 6.88. The second-order valence-electron chi connectivity index (χ2n) is 5.57. The van der Waals surface area contributed by atoms with Gasteiger partial charge in [0.05, 0.1) is 0 Å². The van der Waals surface area contributed by atoms with E-state index in [2.05, 4.69) is 28.8 Å². The van der Waals surface area contributed by atoms with Crippen LogP contribution in [0.1, 0.15) is 37.6 Å². The van der Waals surface area contributed by atoms with Gasteiger partial charge in [0.1, 0.15) is 16.8 Å². The molecule has 1 fully saturated rings. The Hall–Kier alpha value is -0.870. The first-order valence-corrected chi connectivity index (χ1v) is 7.81. The minimum absolute atomic E-state index is 0.581. The van der Waals surface area contributed by atoms with E-state index in [9.17, 15) is 0 Å². The Morgan fingerprint density at radius 1 is 1.30 bits per heavy atom. The van der Waals surface area contributed by atoms with Crippen LogP contribution in [0, 0.1) is 12.8 Å². The fraction of sp³-hybridized carbons (Fsp3) is 0.733. The van der Waals surface area contributed by atoms with Crippen LogP contribution in [0.25, 0.3) is 0 Å². The number of hydrogen-bond donors (Lipinski definition) is 0. The molecule has 1 aliphatic rings. The van der Waals surface area contributed by atoms with Gasteiger partial charge < -0.3 is 9.64 Å². The van der Waals surface area contributed by atoms with Gasteiger partial charge in [0, 0.05) is 38.8 Å². The first-order chi connectivity index (χ1) is 9.61. The minimum Gasteiger partial charge on any atom is -0.381 e. The molecule has 2 heterocycles. The van der Waals surface area contributed by atoms with Crippen LogP contribution in [-0.2, 0) is 11.2 Å². The van der Waals surface area contributed by atoms with Crippen LogP contribution >= 0.6 is 11.6 Å². The highest BCUT2D eigenvalue weighted by molar-refractivity contribution is 6.30. The van der Waals surface area contributed by atoms with Crippen LogP contribution in [0.5, 0.6) is 0 Å². The lowest BCUT2D eigenvalue weighted by Gasteiger charge is -2.28. The molecule has 0 saturated carbocycles. The molecule has 0 radical (unpaired) electrons. The van der Waals surface area contributed by atoms with Crippen molar-refractivity contribution in [3.63, 3.8) is 0 Å². The molecule has 112 valence electrons. The number of aromatic nitrogens is 2. The molecule has 0 unspecified atom stereocenters. The maximum atomic E-state index is 6.24. The van der Waals surface area contributed by atoms with Gasteiger partial charge in [0.15, 0.2) is 0 Å². The number of halogens is 1. The van der Waals surface area contributed by atoms with Crippen LogP contribution in [-0.4, -0.2) is 36.8 Å². The molecule has 20 heavy (non-hydrogen) atoms. The molecule has 2 rings (SSSR count). The van der Waals surface area contributed by atoms with Crippen molar-refractivity contribution < 1.29 is 4.74 Å². The maximum absolute atomic E-state index is 6.24. The lowest BCUT2D eigenvalue weighted by molar-refractivity contribution is 0.0685. The van der Waals surface area contributed by atoms with Crippen molar-refractivity contribution in [1.29, 1.82) is 0 Å². The molecule has 1 aromatic heterocycles. The summed E-state index contributed by atoms with van der Waals surface area (Å²) in [4.78, 5) is 11.3. The summed E-state index contributed by atoms with van der Waals surface area (Å²) in [5.41, 5.74) is 0.973. The third-order valence-electron chi connectivity index (χ3n) is 3.82. The largest absolute Gasteiger partial charge is 0.381 e. The Balaban J connectivity index is 2.12. The first-order valence-electron chi connectivity index (χ1n) is 7.43. The summed E-state index contributed by atoms with van der Waals surface area (Å²) in [6.07, 6.45) is 4.16. The smallest absolute Gasteiger partial charge is 0.137 e. The SMILES string of the molecule is CCCc1nc(Cl)c(C)c(N(C)CC2CCOCC2)n1. The third kappa shape index (κ3) is 3.83. The van der Waals surface area contributed by atoms with E-state index >= 15 is 0 Å². The highest BCUT2D eigenvalue weighted by Crippen LogP contribution is 2.25. The number of nitrogens with zero attached hydrogens (tertiary/aromatic N) is 3. The van der Waals surface area contributed by atoms with E-state index in [0.717, 1.165) is 62.6 Å². The number of anilines is 1. The summed E-state index contributed by atoms with van der Waals surface area (Å²) in [6, 6.07) is 0. The van der Waals surface area contributed by atoms with E-state index in [1.165, 1.54) is 0 Å². The van der Waals surface area contributed by atoms with Crippen molar-refractivity contribution in [3.05, 3.63) is 16.5 Å². The molecule has 0 atom stereocenters. The Morgan fingerprint density at radius 2 is 2.00 bits per heavy atom. The molecule has 0 bridgehead atoms. The Labute approximate surface area is 126 Å². The van der Waals surface area contributed by atoms with Crippen LogP contribution < -0.4 is 4.90 Å². The zero-order valence-electron chi connectivity index (χ0n) is 12.7. The molecular weight excluding hydrogens is 274 g/mol. The molecule has 5 heteroatoms. The van der Waals surface area contributed by atoms with Gasteiger partial charge in [-0.2, -0.15) is 0 Å². The number of aryl methyl sites for hydroxylation is 1. The van der Waals surface area contributed by atoms with Crippen LogP contribution in [0.3, 0.4) is 0 Å². The molecule has 0 aromatic carbocycles. The fourth-order valence-electron chi connectivity index (χ4n) is 2.63. The van der Waals surface area contributed by atoms with Gasteiger partial charge in [-0.15, -0.1) is 0 Å². The molecule has 0 spiro atoms.